The molecule has 2 aromatic carbocycles. The summed E-state index contributed by atoms with van der Waals surface area (Å²) in [5.74, 6) is 0.182. The van der Waals surface area contributed by atoms with Crippen LogP contribution in [0.15, 0.2) is 61.9 Å². The van der Waals surface area contributed by atoms with Gasteiger partial charge in [0.05, 0.1) is 46.8 Å². The van der Waals surface area contributed by atoms with Crippen LogP contribution < -0.4 is 16.0 Å². The van der Waals surface area contributed by atoms with Gasteiger partial charge in [0.15, 0.2) is 0 Å². The number of hydrogen-bond acceptors (Lipinski definition) is 8. The van der Waals surface area contributed by atoms with Crippen LogP contribution in [0.4, 0.5) is 0 Å². The van der Waals surface area contributed by atoms with E-state index in [1.165, 1.54) is 11.3 Å². The fourth-order valence-electron chi connectivity index (χ4n) is 5.03. The number of methoxy groups -OCH3 is 1. The average Bonchev–Trinajstić information content (AvgIpc) is 3.29. The first-order valence-electron chi connectivity index (χ1n) is 13.4. The predicted molar refractivity (Wildman–Crippen MR) is 161 cm³/mol. The van der Waals surface area contributed by atoms with Gasteiger partial charge in [-0.15, -0.1) is 11.3 Å². The molecule has 1 atom stereocenters. The number of rotatable bonds is 9. The van der Waals surface area contributed by atoms with E-state index in [4.69, 9.17) is 18.9 Å². The van der Waals surface area contributed by atoms with E-state index in [-0.39, 0.29) is 19.3 Å². The van der Waals surface area contributed by atoms with E-state index in [2.05, 4.69) is 15.9 Å². The van der Waals surface area contributed by atoms with Gasteiger partial charge >= 0.3 is 11.7 Å². The quantitative estimate of drug-likeness (QED) is 0.225. The van der Waals surface area contributed by atoms with E-state index in [1.807, 2.05) is 31.2 Å². The second kappa shape index (κ2) is 12.7. The first-order chi connectivity index (χ1) is 19.8. The van der Waals surface area contributed by atoms with Crippen molar-refractivity contribution in [1.82, 2.24) is 9.13 Å². The number of aryl methyl sites for hydroxylation is 1. The van der Waals surface area contributed by atoms with Crippen LogP contribution in [0.3, 0.4) is 0 Å². The lowest BCUT2D eigenvalue weighted by Crippen LogP contribution is -2.40. The molecule has 0 N–H and O–H groups in total. The topological polar surface area (TPSA) is 98.0 Å². The van der Waals surface area contributed by atoms with Gasteiger partial charge in [0, 0.05) is 18.8 Å². The van der Waals surface area contributed by atoms with Gasteiger partial charge < -0.3 is 18.9 Å². The van der Waals surface area contributed by atoms with Gasteiger partial charge in [0.1, 0.15) is 16.7 Å². The summed E-state index contributed by atoms with van der Waals surface area (Å²) in [6.07, 6.45) is 0.897. The van der Waals surface area contributed by atoms with E-state index >= 15 is 0 Å². The first-order valence-corrected chi connectivity index (χ1v) is 15.0. The SMILES string of the molecule is CCOC(=O)c1ccc(-n2c(=O)c3c(C)c(Br)sc3n(CC(OC3CCOCC3)c3ccccc3OC)c2=O)cc1. The zero-order valence-electron chi connectivity index (χ0n) is 23.1. The summed E-state index contributed by atoms with van der Waals surface area (Å²) >= 11 is 4.92. The standard InChI is InChI=1S/C30H31BrN2O7S/c1-4-39-29(35)19-9-11-20(12-10-19)33-27(34)25-18(2)26(31)41-28(25)32(30(33)36)17-24(40-21-13-15-38-16-14-21)22-7-5-6-8-23(22)37-3/h5-12,21,24H,4,13-17H2,1-3H3. The number of aromatic nitrogens is 2. The van der Waals surface area contributed by atoms with Gasteiger partial charge in [0.2, 0.25) is 0 Å². The predicted octanol–water partition coefficient (Wildman–Crippen LogP) is 5.41. The van der Waals surface area contributed by atoms with Gasteiger partial charge in [0.25, 0.3) is 5.56 Å². The molecule has 41 heavy (non-hydrogen) atoms. The lowest BCUT2D eigenvalue weighted by Gasteiger charge is -2.29. The summed E-state index contributed by atoms with van der Waals surface area (Å²) < 4.78 is 26.4. The molecule has 2 aromatic heterocycles. The Kier molecular flexibility index (Phi) is 9.08. The minimum atomic E-state index is -0.534. The van der Waals surface area contributed by atoms with Crippen LogP contribution >= 0.6 is 27.3 Å². The Bertz CT molecular complexity index is 1670. The second-order valence-corrected chi connectivity index (χ2v) is 12.0. The van der Waals surface area contributed by atoms with E-state index in [1.54, 1.807) is 42.9 Å². The Morgan fingerprint density at radius 3 is 2.51 bits per heavy atom. The van der Waals surface area contributed by atoms with Crippen molar-refractivity contribution in [2.45, 2.75) is 45.4 Å². The molecule has 1 unspecified atom stereocenters. The number of ether oxygens (including phenoxy) is 4. The largest absolute Gasteiger partial charge is 0.496 e. The molecule has 216 valence electrons. The Hall–Kier alpha value is -3.25. The van der Waals surface area contributed by atoms with Gasteiger partial charge in [-0.1, -0.05) is 18.2 Å². The van der Waals surface area contributed by atoms with Crippen molar-refractivity contribution in [3.05, 3.63) is 89.8 Å². The van der Waals surface area contributed by atoms with Crippen molar-refractivity contribution in [2.75, 3.05) is 26.9 Å². The molecular formula is C30H31BrN2O7S. The van der Waals surface area contributed by atoms with Crippen LogP contribution in [0, 0.1) is 6.92 Å². The van der Waals surface area contributed by atoms with Crippen molar-refractivity contribution in [3.8, 4) is 11.4 Å². The number of carbonyl (C=O) groups is 1. The molecule has 1 aliphatic heterocycles. The third kappa shape index (κ3) is 5.90. The summed E-state index contributed by atoms with van der Waals surface area (Å²) in [5.41, 5.74) is 1.31. The van der Waals surface area contributed by atoms with Crippen molar-refractivity contribution in [1.29, 1.82) is 0 Å². The molecule has 0 amide bonds. The molecule has 0 saturated carbocycles. The Labute approximate surface area is 249 Å². The highest BCUT2D eigenvalue weighted by molar-refractivity contribution is 9.11. The van der Waals surface area contributed by atoms with Gasteiger partial charge in [-0.3, -0.25) is 9.36 Å². The van der Waals surface area contributed by atoms with Crippen LogP contribution in [0.1, 0.15) is 47.4 Å². The maximum atomic E-state index is 14.2. The van der Waals surface area contributed by atoms with E-state index in [0.717, 1.165) is 32.3 Å². The highest BCUT2D eigenvalue weighted by Gasteiger charge is 2.27. The van der Waals surface area contributed by atoms with Crippen molar-refractivity contribution >= 4 is 43.5 Å². The Morgan fingerprint density at radius 1 is 1.12 bits per heavy atom. The Morgan fingerprint density at radius 2 is 1.83 bits per heavy atom. The number of fused-ring (bicyclic) bond motifs is 1. The number of hydrogen-bond donors (Lipinski definition) is 0. The number of para-hydroxylation sites is 1. The van der Waals surface area contributed by atoms with Crippen LogP contribution in [0.5, 0.6) is 5.75 Å². The molecule has 0 bridgehead atoms. The number of benzene rings is 2. The molecule has 3 heterocycles. The highest BCUT2D eigenvalue weighted by Crippen LogP contribution is 2.35. The van der Waals surface area contributed by atoms with Gasteiger partial charge in [-0.25, -0.2) is 14.2 Å². The van der Waals surface area contributed by atoms with Crippen LogP contribution in [0.2, 0.25) is 0 Å². The molecule has 0 aliphatic carbocycles. The lowest BCUT2D eigenvalue weighted by atomic mass is 10.1. The number of carbonyl (C=O) groups excluding carboxylic acids is 1. The van der Waals surface area contributed by atoms with Crippen molar-refractivity contribution in [3.63, 3.8) is 0 Å². The third-order valence-electron chi connectivity index (χ3n) is 7.15. The zero-order valence-corrected chi connectivity index (χ0v) is 25.5. The fourth-order valence-corrected chi connectivity index (χ4v) is 6.71. The maximum Gasteiger partial charge on any atom is 0.338 e. The minimum absolute atomic E-state index is 0.0528. The van der Waals surface area contributed by atoms with Crippen LogP contribution in [0.25, 0.3) is 15.9 Å². The highest BCUT2D eigenvalue weighted by atomic mass is 79.9. The average molecular weight is 644 g/mol. The molecule has 1 saturated heterocycles. The zero-order chi connectivity index (χ0) is 29.1. The molecule has 1 aliphatic rings. The van der Waals surface area contributed by atoms with Crippen LogP contribution in [-0.2, 0) is 20.8 Å². The van der Waals surface area contributed by atoms with E-state index < -0.39 is 23.3 Å². The molecule has 11 heteroatoms. The molecule has 4 aromatic rings. The van der Waals surface area contributed by atoms with Gasteiger partial charge in [-0.2, -0.15) is 0 Å². The minimum Gasteiger partial charge on any atom is -0.496 e. The summed E-state index contributed by atoms with van der Waals surface area (Å²) in [4.78, 5) is 40.7. The second-order valence-electron chi connectivity index (χ2n) is 9.66. The van der Waals surface area contributed by atoms with Crippen molar-refractivity contribution in [2.24, 2.45) is 0 Å². The monoisotopic (exact) mass is 642 g/mol. The third-order valence-corrected chi connectivity index (χ3v) is 9.33. The summed E-state index contributed by atoms with van der Waals surface area (Å²) in [7, 11) is 1.61. The first kappa shape index (κ1) is 29.2. The van der Waals surface area contributed by atoms with Crippen LogP contribution in [-0.4, -0.2) is 48.1 Å². The molecule has 9 nitrogen and oxygen atoms in total. The van der Waals surface area contributed by atoms with E-state index in [9.17, 15) is 14.4 Å². The molecular weight excluding hydrogens is 612 g/mol. The molecule has 0 spiro atoms. The van der Waals surface area contributed by atoms with E-state index in [0.29, 0.717) is 40.4 Å². The maximum absolute atomic E-state index is 14.2. The summed E-state index contributed by atoms with van der Waals surface area (Å²) in [6, 6.07) is 13.9. The number of esters is 1. The van der Waals surface area contributed by atoms with Gasteiger partial charge in [-0.05, 0) is 78.5 Å². The number of nitrogens with zero attached hydrogens (tertiary/aromatic N) is 2. The number of thiophene rings is 1. The summed E-state index contributed by atoms with van der Waals surface area (Å²) in [6.45, 7) is 5.20. The molecule has 1 fully saturated rings. The molecule has 0 radical (unpaired) electrons. The normalized spacial score (nSPS) is 14.7. The molecule has 5 rings (SSSR count). The van der Waals surface area contributed by atoms with Crippen molar-refractivity contribution < 1.29 is 23.7 Å². The number of halogens is 1. The lowest BCUT2D eigenvalue weighted by molar-refractivity contribution is -0.0752. The summed E-state index contributed by atoms with van der Waals surface area (Å²) in [5, 5.41) is 0.445. The fraction of sp³-hybridized carbons (Fsp3) is 0.367. The Balaban J connectivity index is 1.66. The smallest absolute Gasteiger partial charge is 0.338 e.